The number of likely N-dealkylation sites (tertiary alicyclic amines) is 1. The van der Waals surface area contributed by atoms with Crippen LogP contribution in [0.2, 0.25) is 0 Å². The lowest BCUT2D eigenvalue weighted by Gasteiger charge is -2.32. The third kappa shape index (κ3) is 3.19. The van der Waals surface area contributed by atoms with Gasteiger partial charge >= 0.3 is 0 Å². The average Bonchev–Trinajstić information content (AvgIpc) is 2.42. The molecule has 20 heavy (non-hydrogen) atoms. The minimum atomic E-state index is -1.05. The Morgan fingerprint density at radius 2 is 2.00 bits per heavy atom. The molecule has 0 radical (unpaired) electrons. The van der Waals surface area contributed by atoms with E-state index in [1.165, 1.54) is 6.07 Å². The van der Waals surface area contributed by atoms with Gasteiger partial charge in [-0.2, -0.15) is 0 Å². The van der Waals surface area contributed by atoms with Gasteiger partial charge in [0, 0.05) is 5.56 Å². The van der Waals surface area contributed by atoms with Gasteiger partial charge in [0.15, 0.2) is 17.4 Å². The SMILES string of the molecule is NC(=O)C1CCCCN1CC(=O)c1ccc(F)c(F)c1. The number of nitrogens with zero attached hydrogens (tertiary/aromatic N) is 1. The summed E-state index contributed by atoms with van der Waals surface area (Å²) in [7, 11) is 0. The van der Waals surface area contributed by atoms with Crippen molar-refractivity contribution in [1.82, 2.24) is 4.90 Å². The highest BCUT2D eigenvalue weighted by molar-refractivity contribution is 5.98. The molecule has 1 heterocycles. The van der Waals surface area contributed by atoms with Crippen LogP contribution in [-0.4, -0.2) is 35.7 Å². The molecule has 0 aromatic heterocycles. The predicted octanol–water partition coefficient (Wildman–Crippen LogP) is 1.49. The van der Waals surface area contributed by atoms with E-state index >= 15 is 0 Å². The highest BCUT2D eigenvalue weighted by Crippen LogP contribution is 2.18. The smallest absolute Gasteiger partial charge is 0.234 e. The minimum absolute atomic E-state index is 0.0152. The molecule has 1 fully saturated rings. The largest absolute Gasteiger partial charge is 0.368 e. The summed E-state index contributed by atoms with van der Waals surface area (Å²) < 4.78 is 25.9. The van der Waals surface area contributed by atoms with Gasteiger partial charge in [-0.15, -0.1) is 0 Å². The van der Waals surface area contributed by atoms with Crippen LogP contribution in [0, 0.1) is 11.6 Å². The van der Waals surface area contributed by atoms with Crippen LogP contribution >= 0.6 is 0 Å². The molecule has 2 rings (SSSR count). The van der Waals surface area contributed by atoms with Crippen molar-refractivity contribution < 1.29 is 18.4 Å². The van der Waals surface area contributed by atoms with Gasteiger partial charge in [-0.1, -0.05) is 6.42 Å². The first kappa shape index (κ1) is 14.6. The van der Waals surface area contributed by atoms with Crippen molar-refractivity contribution in [3.05, 3.63) is 35.4 Å². The number of Topliss-reactive ketones (excluding diaryl/α,β-unsaturated/α-hetero) is 1. The highest BCUT2D eigenvalue weighted by atomic mass is 19.2. The molecular weight excluding hydrogens is 266 g/mol. The zero-order chi connectivity index (χ0) is 14.7. The number of benzene rings is 1. The third-order valence-corrected chi connectivity index (χ3v) is 3.53. The van der Waals surface area contributed by atoms with E-state index in [2.05, 4.69) is 0 Å². The number of carbonyl (C=O) groups excluding carboxylic acids is 2. The predicted molar refractivity (Wildman–Crippen MR) is 69.1 cm³/mol. The molecule has 1 unspecified atom stereocenters. The highest BCUT2D eigenvalue weighted by Gasteiger charge is 2.28. The molecular formula is C14H16F2N2O2. The molecule has 1 aliphatic heterocycles. The molecule has 2 N–H and O–H groups in total. The van der Waals surface area contributed by atoms with E-state index in [0.717, 1.165) is 25.0 Å². The van der Waals surface area contributed by atoms with Crippen LogP contribution < -0.4 is 5.73 Å². The van der Waals surface area contributed by atoms with Crippen molar-refractivity contribution in [2.24, 2.45) is 5.73 Å². The van der Waals surface area contributed by atoms with E-state index in [0.29, 0.717) is 13.0 Å². The maximum atomic E-state index is 13.1. The van der Waals surface area contributed by atoms with Gasteiger partial charge in [-0.25, -0.2) is 8.78 Å². The summed E-state index contributed by atoms with van der Waals surface area (Å²) >= 11 is 0. The number of carbonyl (C=O) groups is 2. The molecule has 6 heteroatoms. The Morgan fingerprint density at radius 1 is 1.25 bits per heavy atom. The second-order valence-electron chi connectivity index (χ2n) is 4.94. The van der Waals surface area contributed by atoms with Crippen LogP contribution in [0.4, 0.5) is 8.78 Å². The Morgan fingerprint density at radius 3 is 2.65 bits per heavy atom. The first-order valence-electron chi connectivity index (χ1n) is 6.50. The van der Waals surface area contributed by atoms with Crippen LogP contribution in [0.15, 0.2) is 18.2 Å². The minimum Gasteiger partial charge on any atom is -0.368 e. The number of nitrogens with two attached hydrogens (primary N) is 1. The Balaban J connectivity index is 2.09. The van der Waals surface area contributed by atoms with E-state index in [4.69, 9.17) is 5.73 Å². The number of ketones is 1. The molecule has 0 spiro atoms. The molecule has 1 saturated heterocycles. The van der Waals surface area contributed by atoms with Gasteiger partial charge in [0.2, 0.25) is 5.91 Å². The molecule has 4 nitrogen and oxygen atoms in total. The first-order valence-corrected chi connectivity index (χ1v) is 6.50. The Labute approximate surface area is 115 Å². The Hall–Kier alpha value is -1.82. The molecule has 0 bridgehead atoms. The van der Waals surface area contributed by atoms with Crippen LogP contribution in [-0.2, 0) is 4.79 Å². The fraction of sp³-hybridized carbons (Fsp3) is 0.429. The summed E-state index contributed by atoms with van der Waals surface area (Å²) in [5.74, 6) is -2.85. The van der Waals surface area contributed by atoms with Crippen molar-refractivity contribution in [3.63, 3.8) is 0 Å². The van der Waals surface area contributed by atoms with E-state index in [9.17, 15) is 18.4 Å². The van der Waals surface area contributed by atoms with Crippen molar-refractivity contribution in [2.45, 2.75) is 25.3 Å². The summed E-state index contributed by atoms with van der Waals surface area (Å²) in [5.41, 5.74) is 5.41. The number of primary amides is 1. The lowest BCUT2D eigenvalue weighted by atomic mass is 10.0. The van der Waals surface area contributed by atoms with Gasteiger partial charge in [0.25, 0.3) is 0 Å². The summed E-state index contributed by atoms with van der Waals surface area (Å²) in [6.07, 6.45) is 2.40. The second-order valence-corrected chi connectivity index (χ2v) is 4.94. The van der Waals surface area contributed by atoms with Gasteiger partial charge in [0.05, 0.1) is 12.6 Å². The maximum absolute atomic E-state index is 13.1. The summed E-state index contributed by atoms with van der Waals surface area (Å²) in [4.78, 5) is 25.1. The molecule has 1 amide bonds. The van der Waals surface area contributed by atoms with Gasteiger partial charge in [-0.3, -0.25) is 14.5 Å². The zero-order valence-corrected chi connectivity index (χ0v) is 10.9. The number of hydrogen-bond donors (Lipinski definition) is 1. The average molecular weight is 282 g/mol. The number of rotatable bonds is 4. The maximum Gasteiger partial charge on any atom is 0.234 e. The lowest BCUT2D eigenvalue weighted by Crippen LogP contribution is -2.49. The Bertz CT molecular complexity index is 534. The fourth-order valence-corrected chi connectivity index (χ4v) is 2.45. The lowest BCUT2D eigenvalue weighted by molar-refractivity contribution is -0.124. The monoisotopic (exact) mass is 282 g/mol. The number of piperidine rings is 1. The van der Waals surface area contributed by atoms with Crippen molar-refractivity contribution >= 4 is 11.7 Å². The molecule has 108 valence electrons. The number of hydrogen-bond acceptors (Lipinski definition) is 3. The fourth-order valence-electron chi connectivity index (χ4n) is 2.45. The van der Waals surface area contributed by atoms with Crippen LogP contribution in [0.3, 0.4) is 0 Å². The second kappa shape index (κ2) is 6.09. The van der Waals surface area contributed by atoms with Crippen LogP contribution in [0.1, 0.15) is 29.6 Å². The van der Waals surface area contributed by atoms with Crippen LogP contribution in [0.5, 0.6) is 0 Å². The molecule has 0 aliphatic carbocycles. The molecule has 1 aromatic rings. The molecule has 1 atom stereocenters. The van der Waals surface area contributed by atoms with Gasteiger partial charge < -0.3 is 5.73 Å². The molecule has 0 saturated carbocycles. The zero-order valence-electron chi connectivity index (χ0n) is 10.9. The Kier molecular flexibility index (Phi) is 4.44. The van der Waals surface area contributed by atoms with Crippen molar-refractivity contribution in [2.75, 3.05) is 13.1 Å². The van der Waals surface area contributed by atoms with Gasteiger partial charge in [0.1, 0.15) is 0 Å². The standard InChI is InChI=1S/C14H16F2N2O2/c15-10-5-4-9(7-11(10)16)13(19)8-18-6-2-1-3-12(18)14(17)20/h4-5,7,12H,1-3,6,8H2,(H2,17,20). The first-order chi connectivity index (χ1) is 9.49. The molecule has 1 aliphatic rings. The third-order valence-electron chi connectivity index (χ3n) is 3.53. The quantitative estimate of drug-likeness (QED) is 0.851. The van der Waals surface area contributed by atoms with E-state index in [1.807, 2.05) is 0 Å². The van der Waals surface area contributed by atoms with E-state index in [-0.39, 0.29) is 17.9 Å². The van der Waals surface area contributed by atoms with Gasteiger partial charge in [-0.05, 0) is 37.6 Å². The summed E-state index contributed by atoms with van der Waals surface area (Å²) in [6.45, 7) is 0.585. The number of amides is 1. The normalized spacial score (nSPS) is 19.8. The van der Waals surface area contributed by atoms with Crippen molar-refractivity contribution in [1.29, 1.82) is 0 Å². The summed E-state index contributed by atoms with van der Waals surface area (Å²) in [6, 6.07) is 2.58. The van der Waals surface area contributed by atoms with Crippen LogP contribution in [0.25, 0.3) is 0 Å². The van der Waals surface area contributed by atoms with E-state index in [1.54, 1.807) is 4.90 Å². The van der Waals surface area contributed by atoms with E-state index < -0.39 is 23.6 Å². The number of halogens is 2. The molecule has 1 aromatic carbocycles. The summed E-state index contributed by atoms with van der Waals surface area (Å²) in [5, 5.41) is 0. The van der Waals surface area contributed by atoms with Crippen molar-refractivity contribution in [3.8, 4) is 0 Å². The topological polar surface area (TPSA) is 63.4 Å².